The average Bonchev–Trinajstić information content (AvgIpc) is 2.87. The van der Waals surface area contributed by atoms with Gasteiger partial charge in [-0.3, -0.25) is 4.79 Å². The summed E-state index contributed by atoms with van der Waals surface area (Å²) in [5, 5.41) is 3.98. The number of hydrogen-bond donors (Lipinski definition) is 1. The molecule has 9 heteroatoms. The molecule has 0 radical (unpaired) electrons. The van der Waals surface area contributed by atoms with Gasteiger partial charge in [0.25, 0.3) is 5.91 Å². The number of hydrazone groups is 1. The molecular formula is C25H24N2O7. The van der Waals surface area contributed by atoms with Crippen LogP contribution in [0.1, 0.15) is 26.3 Å². The van der Waals surface area contributed by atoms with Crippen molar-refractivity contribution in [2.45, 2.75) is 0 Å². The number of nitrogens with zero attached hydrogens (tertiary/aromatic N) is 1. The lowest BCUT2D eigenvalue weighted by molar-refractivity contribution is 0.0734. The highest BCUT2D eigenvalue weighted by Gasteiger charge is 2.16. The van der Waals surface area contributed by atoms with Gasteiger partial charge in [-0.25, -0.2) is 10.2 Å². The van der Waals surface area contributed by atoms with Crippen molar-refractivity contribution in [3.05, 3.63) is 77.4 Å². The molecule has 3 aromatic rings. The van der Waals surface area contributed by atoms with Gasteiger partial charge in [-0.2, -0.15) is 5.10 Å². The number of ether oxygens (including phenoxy) is 5. The largest absolute Gasteiger partial charge is 0.497 e. The maximum absolute atomic E-state index is 12.5. The van der Waals surface area contributed by atoms with Gasteiger partial charge < -0.3 is 23.7 Å². The molecule has 9 nitrogen and oxygen atoms in total. The Labute approximate surface area is 196 Å². The fourth-order valence-electron chi connectivity index (χ4n) is 2.99. The molecule has 0 aliphatic carbocycles. The van der Waals surface area contributed by atoms with Crippen LogP contribution in [-0.2, 0) is 0 Å². The Kier molecular flexibility index (Phi) is 8.07. The highest BCUT2D eigenvalue weighted by molar-refractivity contribution is 5.96. The number of methoxy groups -OCH3 is 4. The molecule has 0 atom stereocenters. The molecule has 1 amide bonds. The van der Waals surface area contributed by atoms with Crippen LogP contribution in [0.25, 0.3) is 0 Å². The van der Waals surface area contributed by atoms with Crippen LogP contribution in [-0.4, -0.2) is 46.5 Å². The topological polar surface area (TPSA) is 105 Å². The van der Waals surface area contributed by atoms with E-state index in [0.717, 1.165) is 0 Å². The molecule has 0 aromatic heterocycles. The Morgan fingerprint density at radius 2 is 1.44 bits per heavy atom. The third-order valence-electron chi connectivity index (χ3n) is 4.70. The van der Waals surface area contributed by atoms with Crippen molar-refractivity contribution in [3.63, 3.8) is 0 Å². The zero-order valence-electron chi connectivity index (χ0n) is 19.2. The molecule has 0 saturated heterocycles. The minimum atomic E-state index is -0.507. The van der Waals surface area contributed by atoms with Crippen molar-refractivity contribution in [1.82, 2.24) is 5.43 Å². The van der Waals surface area contributed by atoms with E-state index in [2.05, 4.69) is 10.5 Å². The number of esters is 1. The van der Waals surface area contributed by atoms with Crippen LogP contribution >= 0.6 is 0 Å². The van der Waals surface area contributed by atoms with E-state index >= 15 is 0 Å². The van der Waals surface area contributed by atoms with Crippen LogP contribution in [0.2, 0.25) is 0 Å². The van der Waals surface area contributed by atoms with Gasteiger partial charge in [-0.05, 0) is 54.1 Å². The number of nitrogens with one attached hydrogen (secondary N) is 1. The number of carbonyl (C=O) groups excluding carboxylic acids is 2. The van der Waals surface area contributed by atoms with E-state index in [4.69, 9.17) is 23.7 Å². The fourth-order valence-corrected chi connectivity index (χ4v) is 2.99. The molecule has 176 valence electrons. The summed E-state index contributed by atoms with van der Waals surface area (Å²) in [5.41, 5.74) is 3.72. The van der Waals surface area contributed by atoms with Crippen LogP contribution in [0.5, 0.6) is 28.7 Å². The zero-order chi connectivity index (χ0) is 24.5. The second-order valence-corrected chi connectivity index (χ2v) is 6.80. The summed E-state index contributed by atoms with van der Waals surface area (Å²) < 4.78 is 26.3. The number of carbonyl (C=O) groups is 2. The first-order chi connectivity index (χ1) is 16.5. The summed E-state index contributed by atoms with van der Waals surface area (Å²) in [6, 6.07) is 16.3. The van der Waals surface area contributed by atoms with E-state index in [1.807, 2.05) is 0 Å². The fraction of sp³-hybridized carbons (Fsp3) is 0.160. The van der Waals surface area contributed by atoms with Crippen LogP contribution in [0.15, 0.2) is 65.8 Å². The number of benzene rings is 3. The number of rotatable bonds is 9. The van der Waals surface area contributed by atoms with E-state index < -0.39 is 11.9 Å². The SMILES string of the molecule is COc1ccc(C(=O)Oc2cccc(/C=N\NC(=O)c3cc(OC)c(OC)c(OC)c3)c2)cc1. The van der Waals surface area contributed by atoms with Crippen LogP contribution in [0.3, 0.4) is 0 Å². The third-order valence-corrected chi connectivity index (χ3v) is 4.70. The van der Waals surface area contributed by atoms with Gasteiger partial charge in [-0.1, -0.05) is 12.1 Å². The Morgan fingerprint density at radius 1 is 0.765 bits per heavy atom. The van der Waals surface area contributed by atoms with Crippen molar-refractivity contribution in [2.75, 3.05) is 28.4 Å². The maximum Gasteiger partial charge on any atom is 0.343 e. The predicted octanol–water partition coefficient (Wildman–Crippen LogP) is 3.70. The normalized spacial score (nSPS) is 10.5. The van der Waals surface area contributed by atoms with Gasteiger partial charge in [0, 0.05) is 5.56 Å². The molecule has 0 bridgehead atoms. The summed E-state index contributed by atoms with van der Waals surface area (Å²) in [6.07, 6.45) is 1.43. The first-order valence-corrected chi connectivity index (χ1v) is 10.1. The van der Waals surface area contributed by atoms with Crippen molar-refractivity contribution in [3.8, 4) is 28.7 Å². The highest BCUT2D eigenvalue weighted by atomic mass is 16.5. The number of hydrogen-bond acceptors (Lipinski definition) is 8. The van der Waals surface area contributed by atoms with E-state index in [0.29, 0.717) is 39.9 Å². The minimum absolute atomic E-state index is 0.272. The molecular weight excluding hydrogens is 440 g/mol. The maximum atomic E-state index is 12.5. The van der Waals surface area contributed by atoms with E-state index in [1.54, 1.807) is 55.6 Å². The molecule has 34 heavy (non-hydrogen) atoms. The Morgan fingerprint density at radius 3 is 2.03 bits per heavy atom. The van der Waals surface area contributed by atoms with Gasteiger partial charge in [0.05, 0.1) is 40.2 Å². The molecule has 0 spiro atoms. The molecule has 0 unspecified atom stereocenters. The smallest absolute Gasteiger partial charge is 0.343 e. The lowest BCUT2D eigenvalue weighted by atomic mass is 10.1. The number of amides is 1. The van der Waals surface area contributed by atoms with Crippen molar-refractivity contribution in [2.24, 2.45) is 5.10 Å². The average molecular weight is 464 g/mol. The lowest BCUT2D eigenvalue weighted by Gasteiger charge is -2.13. The Balaban J connectivity index is 1.66. The summed E-state index contributed by atoms with van der Waals surface area (Å²) >= 11 is 0. The van der Waals surface area contributed by atoms with Gasteiger partial charge in [-0.15, -0.1) is 0 Å². The van der Waals surface area contributed by atoms with Crippen molar-refractivity contribution in [1.29, 1.82) is 0 Å². The van der Waals surface area contributed by atoms with Gasteiger partial charge in [0.15, 0.2) is 11.5 Å². The quantitative estimate of drug-likeness (QED) is 0.223. The molecule has 3 aromatic carbocycles. The molecule has 0 heterocycles. The second kappa shape index (κ2) is 11.4. The molecule has 3 rings (SSSR count). The molecule has 0 aliphatic rings. The van der Waals surface area contributed by atoms with Crippen LogP contribution in [0, 0.1) is 0 Å². The molecule has 0 aliphatic heterocycles. The second-order valence-electron chi connectivity index (χ2n) is 6.80. The standard InChI is InChI=1S/C25H24N2O7/c1-30-19-10-8-17(9-11-19)25(29)34-20-7-5-6-16(12-20)15-26-27-24(28)18-13-21(31-2)23(33-4)22(14-18)32-3/h5-15H,1-4H3,(H,27,28)/b26-15-. The van der Waals surface area contributed by atoms with Crippen LogP contribution < -0.4 is 29.1 Å². The molecule has 1 N–H and O–H groups in total. The van der Waals surface area contributed by atoms with Gasteiger partial charge in [0.2, 0.25) is 5.75 Å². The van der Waals surface area contributed by atoms with Crippen molar-refractivity contribution < 1.29 is 33.3 Å². The van der Waals surface area contributed by atoms with Gasteiger partial charge in [0.1, 0.15) is 11.5 Å². The van der Waals surface area contributed by atoms with E-state index in [1.165, 1.54) is 39.7 Å². The van der Waals surface area contributed by atoms with Crippen molar-refractivity contribution >= 4 is 18.1 Å². The lowest BCUT2D eigenvalue weighted by Crippen LogP contribution is -2.18. The van der Waals surface area contributed by atoms with Crippen LogP contribution in [0.4, 0.5) is 0 Å². The third kappa shape index (κ3) is 5.83. The van der Waals surface area contributed by atoms with E-state index in [-0.39, 0.29) is 5.56 Å². The summed E-state index contributed by atoms with van der Waals surface area (Å²) in [7, 11) is 5.96. The zero-order valence-corrected chi connectivity index (χ0v) is 19.2. The highest BCUT2D eigenvalue weighted by Crippen LogP contribution is 2.38. The minimum Gasteiger partial charge on any atom is -0.497 e. The summed E-state index contributed by atoms with van der Waals surface area (Å²) in [5.74, 6) is 1.07. The Bertz CT molecular complexity index is 1170. The van der Waals surface area contributed by atoms with E-state index in [9.17, 15) is 9.59 Å². The summed E-state index contributed by atoms with van der Waals surface area (Å²) in [4.78, 5) is 24.9. The predicted molar refractivity (Wildman–Crippen MR) is 126 cm³/mol. The Hall–Kier alpha value is -4.53. The molecule has 0 fully saturated rings. The van der Waals surface area contributed by atoms with Gasteiger partial charge >= 0.3 is 5.97 Å². The first-order valence-electron chi connectivity index (χ1n) is 10.1. The molecule has 0 saturated carbocycles. The summed E-state index contributed by atoms with van der Waals surface area (Å²) in [6.45, 7) is 0. The monoisotopic (exact) mass is 464 g/mol. The first kappa shape index (κ1) is 24.1.